The fraction of sp³-hybridized carbons (Fsp3) is 0.524. The van der Waals surface area contributed by atoms with Crippen molar-refractivity contribution in [3.05, 3.63) is 51.3 Å². The summed E-state index contributed by atoms with van der Waals surface area (Å²) in [5, 5.41) is 3.94. The van der Waals surface area contributed by atoms with E-state index in [-0.39, 0.29) is 22.4 Å². The van der Waals surface area contributed by atoms with E-state index in [9.17, 15) is 18.0 Å². The highest BCUT2D eigenvalue weighted by Gasteiger charge is 2.37. The van der Waals surface area contributed by atoms with E-state index in [1.54, 1.807) is 12.1 Å². The van der Waals surface area contributed by atoms with E-state index in [1.807, 2.05) is 12.1 Å². The zero-order valence-electron chi connectivity index (χ0n) is 17.3. The Hall–Kier alpha value is -1.57. The predicted molar refractivity (Wildman–Crippen MR) is 113 cm³/mol. The van der Waals surface area contributed by atoms with Crippen LogP contribution >= 0.6 is 23.2 Å². The average molecular weight is 464 g/mol. The first-order valence-corrected chi connectivity index (χ1v) is 10.6. The molecule has 0 spiro atoms. The van der Waals surface area contributed by atoms with Gasteiger partial charge in [0.2, 0.25) is 0 Å². The fourth-order valence-corrected chi connectivity index (χ4v) is 3.72. The van der Waals surface area contributed by atoms with Gasteiger partial charge in [-0.3, -0.25) is 9.48 Å². The van der Waals surface area contributed by atoms with E-state index in [2.05, 4.69) is 16.9 Å². The van der Waals surface area contributed by atoms with Crippen LogP contribution in [0.5, 0.6) is 0 Å². The number of aryl methyl sites for hydroxylation is 1. The Labute approximate surface area is 184 Å². The standard InChI is InChI=1S/C15H20ClNO.C6H6ClF3N2/c1-2-9-17-10-7-13(8-11-17)15(18)12-3-5-14(16)6-4-12;1-3-4(6(8,9)10)11-12(2)5(3)7/h3-6,13H,2,7-11H2,1H3;1-2H3. The van der Waals surface area contributed by atoms with Gasteiger partial charge in [0, 0.05) is 29.1 Å². The summed E-state index contributed by atoms with van der Waals surface area (Å²) in [6, 6.07) is 7.26. The maximum atomic E-state index is 12.3. The second-order valence-electron chi connectivity index (χ2n) is 7.37. The molecule has 0 aliphatic carbocycles. The van der Waals surface area contributed by atoms with E-state index >= 15 is 0 Å². The molecule has 0 saturated carbocycles. The van der Waals surface area contributed by atoms with Crippen molar-refractivity contribution in [3.63, 3.8) is 0 Å². The number of hydrogen-bond acceptors (Lipinski definition) is 3. The lowest BCUT2D eigenvalue weighted by atomic mass is 9.89. The molecule has 0 unspecified atom stereocenters. The van der Waals surface area contributed by atoms with Gasteiger partial charge in [-0.1, -0.05) is 30.1 Å². The van der Waals surface area contributed by atoms with Gasteiger partial charge in [0.1, 0.15) is 5.15 Å². The molecule has 1 saturated heterocycles. The fourth-order valence-electron chi connectivity index (χ4n) is 3.46. The van der Waals surface area contributed by atoms with Crippen LogP contribution in [0.2, 0.25) is 10.2 Å². The maximum Gasteiger partial charge on any atom is 0.435 e. The molecule has 1 aromatic heterocycles. The van der Waals surface area contributed by atoms with Crippen LogP contribution in [0.25, 0.3) is 0 Å². The lowest BCUT2D eigenvalue weighted by molar-refractivity contribution is -0.141. The van der Waals surface area contributed by atoms with Gasteiger partial charge in [0.05, 0.1) is 0 Å². The lowest BCUT2D eigenvalue weighted by Gasteiger charge is -2.30. The number of carbonyl (C=O) groups excluding carboxylic acids is 1. The summed E-state index contributed by atoms with van der Waals surface area (Å²) < 4.78 is 37.3. The second-order valence-corrected chi connectivity index (χ2v) is 8.17. The van der Waals surface area contributed by atoms with Crippen molar-refractivity contribution >= 4 is 29.0 Å². The predicted octanol–water partition coefficient (Wildman–Crippen LogP) is 6.05. The number of halogens is 5. The molecular weight excluding hydrogens is 438 g/mol. The lowest BCUT2D eigenvalue weighted by Crippen LogP contribution is -2.36. The highest BCUT2D eigenvalue weighted by molar-refractivity contribution is 6.30. The number of rotatable bonds is 4. The molecule has 3 rings (SSSR count). The van der Waals surface area contributed by atoms with E-state index in [0.29, 0.717) is 5.02 Å². The van der Waals surface area contributed by atoms with Crippen LogP contribution in [0.1, 0.15) is 47.8 Å². The van der Waals surface area contributed by atoms with Gasteiger partial charge in [-0.2, -0.15) is 18.3 Å². The van der Waals surface area contributed by atoms with Crippen molar-refractivity contribution < 1.29 is 18.0 Å². The molecule has 0 bridgehead atoms. The number of hydrogen-bond donors (Lipinski definition) is 0. The summed E-state index contributed by atoms with van der Waals surface area (Å²) in [7, 11) is 1.37. The number of nitrogens with zero attached hydrogens (tertiary/aromatic N) is 3. The summed E-state index contributed by atoms with van der Waals surface area (Å²) in [5.74, 6) is 0.474. The monoisotopic (exact) mass is 463 g/mol. The Bertz CT molecular complexity index is 842. The summed E-state index contributed by atoms with van der Waals surface area (Å²) in [6.45, 7) is 6.75. The molecule has 30 heavy (non-hydrogen) atoms. The van der Waals surface area contributed by atoms with Gasteiger partial charge >= 0.3 is 6.18 Å². The number of likely N-dealkylation sites (tertiary alicyclic amines) is 1. The first kappa shape index (κ1) is 24.7. The zero-order chi connectivity index (χ0) is 22.5. The van der Waals surface area contributed by atoms with Gasteiger partial charge in [-0.05, 0) is 70.1 Å². The zero-order valence-corrected chi connectivity index (χ0v) is 18.8. The molecule has 1 aromatic carbocycles. The van der Waals surface area contributed by atoms with Crippen LogP contribution in [0.3, 0.4) is 0 Å². The van der Waals surface area contributed by atoms with E-state index in [0.717, 1.165) is 42.7 Å². The van der Waals surface area contributed by atoms with E-state index in [1.165, 1.54) is 20.4 Å². The van der Waals surface area contributed by atoms with Crippen molar-refractivity contribution in [2.75, 3.05) is 19.6 Å². The second kappa shape index (κ2) is 10.6. The topological polar surface area (TPSA) is 38.1 Å². The largest absolute Gasteiger partial charge is 0.435 e. The van der Waals surface area contributed by atoms with Crippen molar-refractivity contribution in [3.8, 4) is 0 Å². The number of carbonyl (C=O) groups is 1. The summed E-state index contributed by atoms with van der Waals surface area (Å²) in [6.07, 6.45) is -1.26. The molecular formula is C21H26Cl2F3N3O. The summed E-state index contributed by atoms with van der Waals surface area (Å²) >= 11 is 11.3. The van der Waals surface area contributed by atoms with Crippen LogP contribution in [-0.4, -0.2) is 40.1 Å². The number of Topliss-reactive ketones (excluding diaryl/α,β-unsaturated/α-hetero) is 1. The van der Waals surface area contributed by atoms with Crippen LogP contribution < -0.4 is 0 Å². The summed E-state index contributed by atoms with van der Waals surface area (Å²) in [5.41, 5.74) is -0.157. The number of alkyl halides is 3. The van der Waals surface area contributed by atoms with E-state index in [4.69, 9.17) is 23.2 Å². The Balaban J connectivity index is 0.000000232. The van der Waals surface area contributed by atoms with Crippen LogP contribution in [-0.2, 0) is 13.2 Å². The number of benzene rings is 1. The van der Waals surface area contributed by atoms with Crippen molar-refractivity contribution in [2.24, 2.45) is 13.0 Å². The molecule has 2 aromatic rings. The Morgan fingerprint density at radius 2 is 1.73 bits per heavy atom. The SMILES string of the molecule is CCCN1CCC(C(=O)c2ccc(Cl)cc2)CC1.Cc1c(C(F)(F)F)nn(C)c1Cl. The van der Waals surface area contributed by atoms with Gasteiger partial charge in [-0.15, -0.1) is 0 Å². The quantitative estimate of drug-likeness (QED) is 0.518. The number of ketones is 1. The first-order valence-electron chi connectivity index (χ1n) is 9.83. The van der Waals surface area contributed by atoms with Gasteiger partial charge in [-0.25, -0.2) is 0 Å². The third-order valence-electron chi connectivity index (χ3n) is 5.09. The third kappa shape index (κ3) is 6.46. The highest BCUT2D eigenvalue weighted by Crippen LogP contribution is 2.33. The number of piperidine rings is 1. The Morgan fingerprint density at radius 3 is 2.13 bits per heavy atom. The summed E-state index contributed by atoms with van der Waals surface area (Å²) in [4.78, 5) is 14.8. The molecule has 9 heteroatoms. The molecule has 1 aliphatic heterocycles. The van der Waals surface area contributed by atoms with Gasteiger partial charge < -0.3 is 4.90 Å². The molecule has 4 nitrogen and oxygen atoms in total. The smallest absolute Gasteiger partial charge is 0.303 e. The molecule has 0 N–H and O–H groups in total. The minimum Gasteiger partial charge on any atom is -0.303 e. The average Bonchev–Trinajstić information content (AvgIpc) is 2.97. The molecule has 2 heterocycles. The van der Waals surface area contributed by atoms with Gasteiger partial charge in [0.25, 0.3) is 0 Å². The highest BCUT2D eigenvalue weighted by atomic mass is 35.5. The normalized spacial score (nSPS) is 15.6. The number of aromatic nitrogens is 2. The minimum atomic E-state index is -4.42. The first-order chi connectivity index (χ1) is 14.0. The molecule has 0 amide bonds. The van der Waals surface area contributed by atoms with Crippen LogP contribution in [0.15, 0.2) is 24.3 Å². The third-order valence-corrected chi connectivity index (χ3v) is 5.87. The van der Waals surface area contributed by atoms with Crippen LogP contribution in [0.4, 0.5) is 13.2 Å². The molecule has 166 valence electrons. The Morgan fingerprint density at radius 1 is 1.17 bits per heavy atom. The van der Waals surface area contributed by atoms with Crippen molar-refractivity contribution in [1.29, 1.82) is 0 Å². The van der Waals surface area contributed by atoms with Crippen molar-refractivity contribution in [1.82, 2.24) is 14.7 Å². The van der Waals surface area contributed by atoms with Crippen LogP contribution in [0, 0.1) is 12.8 Å². The molecule has 1 aliphatic rings. The molecule has 0 radical (unpaired) electrons. The van der Waals surface area contributed by atoms with Crippen molar-refractivity contribution in [2.45, 2.75) is 39.3 Å². The van der Waals surface area contributed by atoms with E-state index < -0.39 is 11.9 Å². The van der Waals surface area contributed by atoms with Gasteiger partial charge in [0.15, 0.2) is 11.5 Å². The molecule has 1 fully saturated rings. The molecule has 0 atom stereocenters. The maximum absolute atomic E-state index is 12.3. The minimum absolute atomic E-state index is 0.0160. The Kier molecular flexibility index (Phi) is 8.76.